The van der Waals surface area contributed by atoms with Crippen molar-refractivity contribution in [3.05, 3.63) is 35.4 Å². The van der Waals surface area contributed by atoms with Gasteiger partial charge in [0.15, 0.2) is 0 Å². The van der Waals surface area contributed by atoms with Gasteiger partial charge in [-0.05, 0) is 12.5 Å². The average Bonchev–Trinajstić information content (AvgIpc) is 2.05. The van der Waals surface area contributed by atoms with E-state index in [2.05, 4.69) is 19.1 Å². The van der Waals surface area contributed by atoms with Crippen molar-refractivity contribution in [2.24, 2.45) is 5.73 Å². The highest BCUT2D eigenvalue weighted by molar-refractivity contribution is 5.24. The largest absolute Gasteiger partial charge is 0.383 e. The molecule has 1 atom stereocenters. The Hall–Kier alpha value is -0.860. The molecular weight excluding hydrogens is 150 g/mol. The molecule has 2 heteroatoms. The number of nitrogens with two attached hydrogens (primary N) is 1. The van der Waals surface area contributed by atoms with Crippen LogP contribution in [0.3, 0.4) is 0 Å². The Balaban J connectivity index is 2.73. The molecule has 0 aromatic heterocycles. The molecule has 0 amide bonds. The molecule has 66 valence electrons. The molecule has 1 aromatic rings. The Bertz CT molecular complexity index is 247. The van der Waals surface area contributed by atoms with Gasteiger partial charge in [0.1, 0.15) is 0 Å². The molecule has 0 saturated carbocycles. The Morgan fingerprint density at radius 1 is 1.50 bits per heavy atom. The minimum atomic E-state index is -0.00472. The van der Waals surface area contributed by atoms with Gasteiger partial charge in [0.05, 0.1) is 12.6 Å². The summed E-state index contributed by atoms with van der Waals surface area (Å²) in [6, 6.07) is 8.18. The predicted molar refractivity (Wildman–Crippen MR) is 50.0 cm³/mol. The van der Waals surface area contributed by atoms with E-state index in [4.69, 9.17) is 10.5 Å². The summed E-state index contributed by atoms with van der Waals surface area (Å²) in [5, 5.41) is 0. The molecule has 12 heavy (non-hydrogen) atoms. The van der Waals surface area contributed by atoms with E-state index in [0.29, 0.717) is 6.61 Å². The summed E-state index contributed by atoms with van der Waals surface area (Å²) >= 11 is 0. The van der Waals surface area contributed by atoms with E-state index < -0.39 is 0 Å². The molecule has 0 radical (unpaired) electrons. The number of hydrogen-bond donors (Lipinski definition) is 1. The zero-order valence-corrected chi connectivity index (χ0v) is 7.58. The first kappa shape index (κ1) is 9.23. The minimum absolute atomic E-state index is 0.00472. The van der Waals surface area contributed by atoms with Crippen molar-refractivity contribution in [3.63, 3.8) is 0 Å². The van der Waals surface area contributed by atoms with Crippen LogP contribution in [0.15, 0.2) is 24.3 Å². The summed E-state index contributed by atoms with van der Waals surface area (Å²) in [7, 11) is 1.66. The van der Waals surface area contributed by atoms with Crippen LogP contribution in [0.4, 0.5) is 0 Å². The number of methoxy groups -OCH3 is 1. The van der Waals surface area contributed by atoms with Crippen LogP contribution >= 0.6 is 0 Å². The van der Waals surface area contributed by atoms with Gasteiger partial charge in [-0.2, -0.15) is 0 Å². The molecule has 0 saturated heterocycles. The highest BCUT2D eigenvalue weighted by atomic mass is 16.5. The lowest BCUT2D eigenvalue weighted by Gasteiger charge is -2.10. The van der Waals surface area contributed by atoms with Gasteiger partial charge in [-0.15, -0.1) is 0 Å². The molecular formula is C10H15NO. The highest BCUT2D eigenvalue weighted by Crippen LogP contribution is 2.11. The van der Waals surface area contributed by atoms with E-state index in [1.165, 1.54) is 5.56 Å². The molecule has 1 aromatic carbocycles. The number of aryl methyl sites for hydroxylation is 1. The van der Waals surface area contributed by atoms with Gasteiger partial charge in [0.25, 0.3) is 0 Å². The lowest BCUT2D eigenvalue weighted by atomic mass is 10.1. The highest BCUT2D eigenvalue weighted by Gasteiger charge is 2.03. The van der Waals surface area contributed by atoms with E-state index in [-0.39, 0.29) is 6.04 Å². The predicted octanol–water partition coefficient (Wildman–Crippen LogP) is 1.64. The van der Waals surface area contributed by atoms with Crippen LogP contribution in [-0.4, -0.2) is 13.7 Å². The summed E-state index contributed by atoms with van der Waals surface area (Å²) in [6.45, 7) is 2.63. The van der Waals surface area contributed by atoms with Crippen molar-refractivity contribution < 1.29 is 4.74 Å². The maximum Gasteiger partial charge on any atom is 0.0655 e. The normalized spacial score (nSPS) is 12.9. The summed E-state index contributed by atoms with van der Waals surface area (Å²) in [5.41, 5.74) is 8.22. The quantitative estimate of drug-likeness (QED) is 0.739. The zero-order chi connectivity index (χ0) is 8.97. The molecule has 0 spiro atoms. The third-order valence-electron chi connectivity index (χ3n) is 1.82. The van der Waals surface area contributed by atoms with Crippen LogP contribution < -0.4 is 5.73 Å². The molecule has 0 aliphatic heterocycles. The second-order valence-electron chi connectivity index (χ2n) is 2.98. The molecule has 2 N–H and O–H groups in total. The maximum atomic E-state index is 5.85. The Labute approximate surface area is 73.3 Å². The SMILES string of the molecule is COCC(N)c1cccc(C)c1. The van der Waals surface area contributed by atoms with Crippen LogP contribution in [0.2, 0.25) is 0 Å². The van der Waals surface area contributed by atoms with E-state index in [0.717, 1.165) is 5.56 Å². The third kappa shape index (κ3) is 2.32. The lowest BCUT2D eigenvalue weighted by Crippen LogP contribution is -2.15. The molecule has 0 bridgehead atoms. The zero-order valence-electron chi connectivity index (χ0n) is 7.58. The van der Waals surface area contributed by atoms with E-state index in [9.17, 15) is 0 Å². The first-order valence-electron chi connectivity index (χ1n) is 4.05. The summed E-state index contributed by atoms with van der Waals surface area (Å²) in [4.78, 5) is 0. The van der Waals surface area contributed by atoms with E-state index in [1.807, 2.05) is 12.1 Å². The smallest absolute Gasteiger partial charge is 0.0655 e. The fraction of sp³-hybridized carbons (Fsp3) is 0.400. The molecule has 0 aliphatic rings. The van der Waals surface area contributed by atoms with Gasteiger partial charge in [0, 0.05) is 7.11 Å². The van der Waals surface area contributed by atoms with Crippen molar-refractivity contribution in [2.45, 2.75) is 13.0 Å². The summed E-state index contributed by atoms with van der Waals surface area (Å²) in [5.74, 6) is 0. The molecule has 0 fully saturated rings. The van der Waals surface area contributed by atoms with Gasteiger partial charge in [-0.25, -0.2) is 0 Å². The van der Waals surface area contributed by atoms with Gasteiger partial charge in [0.2, 0.25) is 0 Å². The third-order valence-corrected chi connectivity index (χ3v) is 1.82. The Morgan fingerprint density at radius 3 is 2.83 bits per heavy atom. The monoisotopic (exact) mass is 165 g/mol. The Kier molecular flexibility index (Phi) is 3.26. The lowest BCUT2D eigenvalue weighted by molar-refractivity contribution is 0.181. The van der Waals surface area contributed by atoms with Crippen LogP contribution in [-0.2, 0) is 4.74 Å². The fourth-order valence-electron chi connectivity index (χ4n) is 1.18. The van der Waals surface area contributed by atoms with Crippen molar-refractivity contribution >= 4 is 0 Å². The molecule has 1 rings (SSSR count). The summed E-state index contributed by atoms with van der Waals surface area (Å²) < 4.78 is 4.97. The molecule has 0 heterocycles. The van der Waals surface area contributed by atoms with Gasteiger partial charge in [-0.3, -0.25) is 0 Å². The van der Waals surface area contributed by atoms with Crippen molar-refractivity contribution in [1.29, 1.82) is 0 Å². The van der Waals surface area contributed by atoms with Crippen molar-refractivity contribution in [3.8, 4) is 0 Å². The fourth-order valence-corrected chi connectivity index (χ4v) is 1.18. The van der Waals surface area contributed by atoms with Gasteiger partial charge < -0.3 is 10.5 Å². The maximum absolute atomic E-state index is 5.85. The van der Waals surface area contributed by atoms with Gasteiger partial charge in [-0.1, -0.05) is 29.8 Å². The number of ether oxygens (including phenoxy) is 1. The van der Waals surface area contributed by atoms with Crippen LogP contribution in [0.25, 0.3) is 0 Å². The first-order valence-corrected chi connectivity index (χ1v) is 4.05. The second kappa shape index (κ2) is 4.24. The topological polar surface area (TPSA) is 35.2 Å². The van der Waals surface area contributed by atoms with E-state index in [1.54, 1.807) is 7.11 Å². The van der Waals surface area contributed by atoms with E-state index >= 15 is 0 Å². The number of rotatable bonds is 3. The molecule has 1 unspecified atom stereocenters. The molecule has 0 aliphatic carbocycles. The van der Waals surface area contributed by atoms with Crippen LogP contribution in [0.5, 0.6) is 0 Å². The average molecular weight is 165 g/mol. The van der Waals surface area contributed by atoms with Crippen LogP contribution in [0, 0.1) is 6.92 Å². The standard InChI is InChI=1S/C10H15NO/c1-8-4-3-5-9(6-8)10(11)7-12-2/h3-6,10H,7,11H2,1-2H3. The Morgan fingerprint density at radius 2 is 2.25 bits per heavy atom. The molecule has 2 nitrogen and oxygen atoms in total. The van der Waals surface area contributed by atoms with Crippen LogP contribution in [0.1, 0.15) is 17.2 Å². The second-order valence-corrected chi connectivity index (χ2v) is 2.98. The number of benzene rings is 1. The van der Waals surface area contributed by atoms with Crippen molar-refractivity contribution in [1.82, 2.24) is 0 Å². The van der Waals surface area contributed by atoms with Crippen molar-refractivity contribution in [2.75, 3.05) is 13.7 Å². The number of hydrogen-bond acceptors (Lipinski definition) is 2. The minimum Gasteiger partial charge on any atom is -0.383 e. The summed E-state index contributed by atoms with van der Waals surface area (Å²) in [6.07, 6.45) is 0. The van der Waals surface area contributed by atoms with Gasteiger partial charge >= 0.3 is 0 Å². The first-order chi connectivity index (χ1) is 5.74.